The molecule has 0 saturated carbocycles. The lowest BCUT2D eigenvalue weighted by Gasteiger charge is -2.32. The van der Waals surface area contributed by atoms with Gasteiger partial charge in [-0.1, -0.05) is 24.6 Å². The monoisotopic (exact) mass is 426 g/mol. The fraction of sp³-hybridized carbons (Fsp3) is 0.412. The summed E-state index contributed by atoms with van der Waals surface area (Å²) in [6, 6.07) is 0. The van der Waals surface area contributed by atoms with E-state index in [1.165, 1.54) is 0 Å². The van der Waals surface area contributed by atoms with E-state index in [-0.39, 0.29) is 17.5 Å². The van der Waals surface area contributed by atoms with E-state index in [9.17, 15) is 9.90 Å². The third kappa shape index (κ3) is 5.31. The van der Waals surface area contributed by atoms with Crippen molar-refractivity contribution in [2.75, 3.05) is 32.7 Å². The van der Waals surface area contributed by atoms with Crippen molar-refractivity contribution in [1.82, 2.24) is 14.5 Å². The van der Waals surface area contributed by atoms with Gasteiger partial charge in [-0.25, -0.2) is 9.30 Å². The number of carbonyl (C=O) groups is 1. The van der Waals surface area contributed by atoms with Crippen molar-refractivity contribution >= 4 is 39.7 Å². The molecule has 2 heterocycles. The Balaban J connectivity index is 1.95. The van der Waals surface area contributed by atoms with Crippen molar-refractivity contribution in [3.05, 3.63) is 45.6 Å². The summed E-state index contributed by atoms with van der Waals surface area (Å²) in [5.74, 6) is -0.386. The highest BCUT2D eigenvalue weighted by molar-refractivity contribution is 9.12. The first kappa shape index (κ1) is 20.0. The summed E-state index contributed by atoms with van der Waals surface area (Å²) in [7, 11) is 0. The number of allylic oxidation sites excluding steroid dienone is 2. The first-order valence-electron chi connectivity index (χ1n) is 8.03. The van der Waals surface area contributed by atoms with Gasteiger partial charge in [0.15, 0.2) is 0 Å². The molecule has 2 aliphatic heterocycles. The second-order valence-corrected chi connectivity index (χ2v) is 7.53. The summed E-state index contributed by atoms with van der Waals surface area (Å²) < 4.78 is 3.10. The summed E-state index contributed by atoms with van der Waals surface area (Å²) in [5.41, 5.74) is 1.50. The molecule has 2 rings (SSSR count). The maximum absolute atomic E-state index is 12.3. The number of nitrogens with one attached hydrogen (secondary N) is 1. The highest BCUT2D eigenvalue weighted by Crippen LogP contribution is 2.21. The number of nitrogens with zero attached hydrogens (tertiary/aromatic N) is 3. The van der Waals surface area contributed by atoms with Gasteiger partial charge < -0.3 is 10.4 Å². The zero-order chi connectivity index (χ0) is 18.4. The molecule has 25 heavy (non-hydrogen) atoms. The number of halogens is 1. The smallest absolute Gasteiger partial charge is 0.274 e. The minimum Gasteiger partial charge on any atom is -0.493 e. The molecular formula is C17H23BrN4O2S. The maximum atomic E-state index is 12.3. The fourth-order valence-corrected chi connectivity index (χ4v) is 3.28. The molecular weight excluding hydrogens is 404 g/mol. The molecule has 8 heteroatoms. The largest absolute Gasteiger partial charge is 0.493 e. The van der Waals surface area contributed by atoms with Crippen molar-refractivity contribution in [3.63, 3.8) is 0 Å². The van der Waals surface area contributed by atoms with Crippen molar-refractivity contribution in [2.45, 2.75) is 13.8 Å². The van der Waals surface area contributed by atoms with Crippen LogP contribution in [0.4, 0.5) is 0 Å². The first-order valence-corrected chi connectivity index (χ1v) is 9.66. The van der Waals surface area contributed by atoms with E-state index < -0.39 is 0 Å². The molecule has 6 nitrogen and oxygen atoms in total. The molecule has 0 aromatic rings. The normalized spacial score (nSPS) is 20.2. The minimum atomic E-state index is -0.312. The van der Waals surface area contributed by atoms with Gasteiger partial charge in [0.1, 0.15) is 5.70 Å². The van der Waals surface area contributed by atoms with Crippen molar-refractivity contribution in [3.8, 4) is 0 Å². The van der Waals surface area contributed by atoms with E-state index in [0.29, 0.717) is 11.3 Å². The SMILES string of the molecule is C=CSN1CCN(C/C=C(NC(=O)C2=C(C)C(O)=N2)\C(Br)=C/C)CC1. The highest BCUT2D eigenvalue weighted by Gasteiger charge is 2.25. The van der Waals surface area contributed by atoms with Crippen LogP contribution in [0.5, 0.6) is 0 Å². The first-order chi connectivity index (χ1) is 12.0. The van der Waals surface area contributed by atoms with Gasteiger partial charge in [0.25, 0.3) is 5.91 Å². The average molecular weight is 427 g/mol. The molecule has 0 atom stereocenters. The summed E-state index contributed by atoms with van der Waals surface area (Å²) in [5, 5.41) is 14.0. The van der Waals surface area contributed by atoms with E-state index in [1.807, 2.05) is 24.5 Å². The molecule has 0 bridgehead atoms. The van der Waals surface area contributed by atoms with Crippen LogP contribution < -0.4 is 5.32 Å². The third-order valence-corrected chi connectivity index (χ3v) is 5.69. The summed E-state index contributed by atoms with van der Waals surface area (Å²) in [6.45, 7) is 12.0. The Morgan fingerprint density at radius 2 is 2.12 bits per heavy atom. The van der Waals surface area contributed by atoms with Gasteiger partial charge in [0.2, 0.25) is 5.90 Å². The van der Waals surface area contributed by atoms with E-state index in [0.717, 1.165) is 37.2 Å². The topological polar surface area (TPSA) is 68.2 Å². The molecule has 2 N–H and O–H groups in total. The number of carbonyl (C=O) groups excluding carboxylic acids is 1. The Labute approximate surface area is 161 Å². The number of piperazine rings is 1. The molecule has 0 unspecified atom stereocenters. The standard InChI is InChI=1S/C17H23BrN4O2S/c1-4-13(18)14(19-17(24)15-12(3)16(23)20-15)6-7-21-8-10-22(11-9-21)25-5-2/h4-6H,2,7-11H2,1,3H3,(H,19,24)(H,20,23)/b13-4+,14-6+. The second-order valence-electron chi connectivity index (χ2n) is 5.62. The van der Waals surface area contributed by atoms with Crippen LogP contribution in [0.3, 0.4) is 0 Å². The van der Waals surface area contributed by atoms with Crippen LogP contribution in [0.25, 0.3) is 0 Å². The van der Waals surface area contributed by atoms with Crippen molar-refractivity contribution in [2.24, 2.45) is 4.99 Å². The molecule has 0 radical (unpaired) electrons. The molecule has 136 valence electrons. The Hall–Kier alpha value is -1.35. The molecule has 0 aromatic carbocycles. The number of rotatable bonds is 7. The molecule has 2 aliphatic rings. The van der Waals surface area contributed by atoms with E-state index in [4.69, 9.17) is 0 Å². The summed E-state index contributed by atoms with van der Waals surface area (Å²) in [4.78, 5) is 18.4. The van der Waals surface area contributed by atoms with E-state index >= 15 is 0 Å². The van der Waals surface area contributed by atoms with Crippen LogP contribution in [0.15, 0.2) is 50.6 Å². The number of aliphatic imine (C=N–C) groups is 1. The number of hydrogen-bond donors (Lipinski definition) is 2. The van der Waals surface area contributed by atoms with Crippen LogP contribution in [0.2, 0.25) is 0 Å². The molecule has 0 aromatic heterocycles. The zero-order valence-corrected chi connectivity index (χ0v) is 16.9. The Bertz CT molecular complexity index is 662. The van der Waals surface area contributed by atoms with Crippen molar-refractivity contribution in [1.29, 1.82) is 0 Å². The zero-order valence-electron chi connectivity index (χ0n) is 14.5. The minimum absolute atomic E-state index is 0.0731. The molecule has 1 saturated heterocycles. The summed E-state index contributed by atoms with van der Waals surface area (Å²) >= 11 is 5.13. The third-order valence-electron chi connectivity index (χ3n) is 3.99. The lowest BCUT2D eigenvalue weighted by molar-refractivity contribution is -0.116. The fourth-order valence-electron chi connectivity index (χ4n) is 2.44. The highest BCUT2D eigenvalue weighted by atomic mass is 79.9. The van der Waals surface area contributed by atoms with Gasteiger partial charge in [-0.3, -0.25) is 9.69 Å². The Morgan fingerprint density at radius 3 is 2.64 bits per heavy atom. The second kappa shape index (κ2) is 9.38. The average Bonchev–Trinajstić information content (AvgIpc) is 2.63. The number of amides is 1. The van der Waals surface area contributed by atoms with E-state index in [2.05, 4.69) is 42.0 Å². The van der Waals surface area contributed by atoms with Gasteiger partial charge in [-0.2, -0.15) is 0 Å². The molecule has 1 amide bonds. The van der Waals surface area contributed by atoms with Crippen LogP contribution >= 0.6 is 27.9 Å². The Morgan fingerprint density at radius 1 is 1.44 bits per heavy atom. The summed E-state index contributed by atoms with van der Waals surface area (Å²) in [6.07, 6.45) is 3.88. The lowest BCUT2D eigenvalue weighted by atomic mass is 10.1. The van der Waals surface area contributed by atoms with Gasteiger partial charge in [0, 0.05) is 42.8 Å². The lowest BCUT2D eigenvalue weighted by Crippen LogP contribution is -2.43. The van der Waals surface area contributed by atoms with Gasteiger partial charge in [-0.05, 0) is 41.3 Å². The van der Waals surface area contributed by atoms with Gasteiger partial charge >= 0.3 is 0 Å². The molecule has 0 spiro atoms. The predicted molar refractivity (Wildman–Crippen MR) is 107 cm³/mol. The van der Waals surface area contributed by atoms with Crippen LogP contribution in [-0.4, -0.2) is 58.8 Å². The quantitative estimate of drug-likeness (QED) is 0.483. The Kier molecular flexibility index (Phi) is 7.49. The van der Waals surface area contributed by atoms with Gasteiger partial charge in [-0.15, -0.1) is 0 Å². The number of aliphatic hydroxyl groups excluding tert-OH is 1. The number of hydrogen-bond acceptors (Lipinski definition) is 5. The van der Waals surface area contributed by atoms with Crippen molar-refractivity contribution < 1.29 is 9.90 Å². The predicted octanol–water partition coefficient (Wildman–Crippen LogP) is 2.94. The number of aliphatic hydroxyl groups is 1. The van der Waals surface area contributed by atoms with E-state index in [1.54, 1.807) is 18.9 Å². The molecule has 0 aliphatic carbocycles. The van der Waals surface area contributed by atoms with Crippen LogP contribution in [-0.2, 0) is 4.79 Å². The molecule has 1 fully saturated rings. The van der Waals surface area contributed by atoms with Crippen LogP contribution in [0, 0.1) is 0 Å². The van der Waals surface area contributed by atoms with Crippen LogP contribution in [0.1, 0.15) is 13.8 Å². The van der Waals surface area contributed by atoms with Gasteiger partial charge in [0.05, 0.1) is 5.70 Å². The maximum Gasteiger partial charge on any atom is 0.274 e.